The second-order valence-corrected chi connectivity index (χ2v) is 7.69. The van der Waals surface area contributed by atoms with E-state index in [0.717, 1.165) is 23.7 Å². The first-order valence-corrected chi connectivity index (χ1v) is 7.49. The minimum atomic E-state index is -0.393. The van der Waals surface area contributed by atoms with Gasteiger partial charge in [0.2, 0.25) is 5.91 Å². The molecule has 102 valence electrons. The highest BCUT2D eigenvalue weighted by Crippen LogP contribution is 2.53. The van der Waals surface area contributed by atoms with Gasteiger partial charge in [0.1, 0.15) is 0 Å². The summed E-state index contributed by atoms with van der Waals surface area (Å²) in [5.41, 5.74) is 5.53. The Bertz CT molecular complexity index is 317. The van der Waals surface area contributed by atoms with Crippen molar-refractivity contribution in [1.29, 1.82) is 0 Å². The Labute approximate surface area is 110 Å². The van der Waals surface area contributed by atoms with E-state index >= 15 is 0 Å². The number of nitrogens with one attached hydrogen (secondary N) is 1. The number of hydrogen-bond acceptors (Lipinski definition) is 2. The SMILES string of the molecule is CC(C)(N)CC(=O)NC1C2CC3CC(C2)CC1C3. The molecule has 4 aliphatic rings. The lowest BCUT2D eigenvalue weighted by Crippen LogP contribution is -2.56. The summed E-state index contributed by atoms with van der Waals surface area (Å²) in [4.78, 5) is 12.1. The largest absolute Gasteiger partial charge is 0.353 e. The van der Waals surface area contributed by atoms with Crippen molar-refractivity contribution < 1.29 is 4.79 Å². The molecule has 18 heavy (non-hydrogen) atoms. The highest BCUT2D eigenvalue weighted by atomic mass is 16.1. The fourth-order valence-electron chi connectivity index (χ4n) is 4.81. The van der Waals surface area contributed by atoms with Crippen LogP contribution in [-0.4, -0.2) is 17.5 Å². The second kappa shape index (κ2) is 4.22. The van der Waals surface area contributed by atoms with Gasteiger partial charge in [0, 0.05) is 18.0 Å². The summed E-state index contributed by atoms with van der Waals surface area (Å²) in [5.74, 6) is 3.59. The fourth-order valence-corrected chi connectivity index (χ4v) is 4.81. The normalized spacial score (nSPS) is 42.1. The number of amides is 1. The number of nitrogens with two attached hydrogens (primary N) is 1. The van der Waals surface area contributed by atoms with Gasteiger partial charge in [0.15, 0.2) is 0 Å². The Hall–Kier alpha value is -0.570. The monoisotopic (exact) mass is 250 g/mol. The predicted octanol–water partition coefficient (Wildman–Crippen LogP) is 2.05. The Balaban J connectivity index is 1.62. The van der Waals surface area contributed by atoms with Gasteiger partial charge in [-0.2, -0.15) is 0 Å². The van der Waals surface area contributed by atoms with Crippen LogP contribution in [0.5, 0.6) is 0 Å². The van der Waals surface area contributed by atoms with Crippen LogP contribution in [0.15, 0.2) is 0 Å². The van der Waals surface area contributed by atoms with E-state index in [0.29, 0.717) is 12.5 Å². The van der Waals surface area contributed by atoms with Gasteiger partial charge in [-0.3, -0.25) is 4.79 Å². The first-order chi connectivity index (χ1) is 8.40. The first-order valence-electron chi connectivity index (χ1n) is 7.49. The molecule has 4 fully saturated rings. The van der Waals surface area contributed by atoms with E-state index in [1.165, 1.54) is 32.1 Å². The van der Waals surface area contributed by atoms with Crippen LogP contribution in [0.4, 0.5) is 0 Å². The molecule has 0 atom stereocenters. The molecular formula is C15H26N2O. The molecule has 0 aliphatic heterocycles. The third-order valence-electron chi connectivity index (χ3n) is 5.17. The van der Waals surface area contributed by atoms with Crippen molar-refractivity contribution in [2.45, 2.75) is 64.0 Å². The van der Waals surface area contributed by atoms with Gasteiger partial charge in [0.05, 0.1) is 0 Å². The lowest BCUT2D eigenvalue weighted by atomic mass is 9.54. The van der Waals surface area contributed by atoms with Crippen LogP contribution in [0.2, 0.25) is 0 Å². The molecule has 3 N–H and O–H groups in total. The van der Waals surface area contributed by atoms with Crippen LogP contribution >= 0.6 is 0 Å². The lowest BCUT2D eigenvalue weighted by molar-refractivity contribution is -0.126. The predicted molar refractivity (Wildman–Crippen MR) is 71.9 cm³/mol. The Morgan fingerprint density at radius 2 is 1.61 bits per heavy atom. The molecule has 4 aliphatic carbocycles. The summed E-state index contributed by atoms with van der Waals surface area (Å²) in [6.45, 7) is 3.84. The maximum absolute atomic E-state index is 12.1. The lowest BCUT2D eigenvalue weighted by Gasteiger charge is -2.54. The quantitative estimate of drug-likeness (QED) is 0.805. The molecule has 0 saturated heterocycles. The van der Waals surface area contributed by atoms with Gasteiger partial charge in [-0.15, -0.1) is 0 Å². The third-order valence-corrected chi connectivity index (χ3v) is 5.17. The van der Waals surface area contributed by atoms with Crippen LogP contribution in [0.1, 0.15) is 52.4 Å². The smallest absolute Gasteiger partial charge is 0.222 e. The molecule has 4 saturated carbocycles. The average Bonchev–Trinajstić information content (AvgIpc) is 2.19. The molecule has 0 aromatic heterocycles. The molecule has 4 bridgehead atoms. The molecule has 0 heterocycles. The maximum atomic E-state index is 12.1. The van der Waals surface area contributed by atoms with E-state index in [1.807, 2.05) is 13.8 Å². The fraction of sp³-hybridized carbons (Fsp3) is 0.933. The van der Waals surface area contributed by atoms with Gasteiger partial charge in [0.25, 0.3) is 0 Å². The van der Waals surface area contributed by atoms with Crippen molar-refractivity contribution in [2.24, 2.45) is 29.4 Å². The maximum Gasteiger partial charge on any atom is 0.222 e. The van der Waals surface area contributed by atoms with E-state index in [4.69, 9.17) is 5.73 Å². The highest BCUT2D eigenvalue weighted by molar-refractivity contribution is 5.77. The zero-order chi connectivity index (χ0) is 12.9. The molecule has 3 heteroatoms. The molecule has 0 aromatic rings. The van der Waals surface area contributed by atoms with Crippen molar-refractivity contribution in [3.05, 3.63) is 0 Å². The Kier molecular flexibility index (Phi) is 2.92. The summed E-state index contributed by atoms with van der Waals surface area (Å²) < 4.78 is 0. The molecule has 4 rings (SSSR count). The molecule has 0 unspecified atom stereocenters. The number of carbonyl (C=O) groups is 1. The van der Waals surface area contributed by atoms with Gasteiger partial charge < -0.3 is 11.1 Å². The van der Waals surface area contributed by atoms with Gasteiger partial charge in [-0.05, 0) is 69.6 Å². The van der Waals surface area contributed by atoms with E-state index in [-0.39, 0.29) is 5.91 Å². The Morgan fingerprint density at radius 1 is 1.11 bits per heavy atom. The van der Waals surface area contributed by atoms with Crippen LogP contribution < -0.4 is 11.1 Å². The summed E-state index contributed by atoms with van der Waals surface area (Å²) in [5, 5.41) is 3.30. The zero-order valence-electron chi connectivity index (χ0n) is 11.6. The minimum Gasteiger partial charge on any atom is -0.353 e. The van der Waals surface area contributed by atoms with Crippen molar-refractivity contribution in [3.63, 3.8) is 0 Å². The summed E-state index contributed by atoms with van der Waals surface area (Å²) >= 11 is 0. The number of rotatable bonds is 3. The average molecular weight is 250 g/mol. The van der Waals surface area contributed by atoms with Crippen LogP contribution in [0, 0.1) is 23.7 Å². The summed E-state index contributed by atoms with van der Waals surface area (Å²) in [6, 6.07) is 0.452. The zero-order valence-corrected chi connectivity index (χ0v) is 11.6. The summed E-state index contributed by atoms with van der Waals surface area (Å²) in [7, 11) is 0. The number of hydrogen-bond donors (Lipinski definition) is 2. The minimum absolute atomic E-state index is 0.153. The van der Waals surface area contributed by atoms with Gasteiger partial charge in [-0.25, -0.2) is 0 Å². The Morgan fingerprint density at radius 3 is 2.06 bits per heavy atom. The van der Waals surface area contributed by atoms with Crippen molar-refractivity contribution in [3.8, 4) is 0 Å². The molecular weight excluding hydrogens is 224 g/mol. The molecule has 0 radical (unpaired) electrons. The van der Waals surface area contributed by atoms with Crippen molar-refractivity contribution in [1.82, 2.24) is 5.32 Å². The first kappa shape index (κ1) is 12.5. The van der Waals surface area contributed by atoms with Gasteiger partial charge >= 0.3 is 0 Å². The topological polar surface area (TPSA) is 55.1 Å². The highest BCUT2D eigenvalue weighted by Gasteiger charge is 2.48. The third kappa shape index (κ3) is 2.42. The van der Waals surface area contributed by atoms with Crippen molar-refractivity contribution in [2.75, 3.05) is 0 Å². The van der Waals surface area contributed by atoms with Crippen LogP contribution in [0.25, 0.3) is 0 Å². The standard InChI is InChI=1S/C15H26N2O/c1-15(2,16)8-13(18)17-14-11-4-9-3-10(6-11)7-12(14)5-9/h9-12,14H,3-8,16H2,1-2H3,(H,17,18). The summed E-state index contributed by atoms with van der Waals surface area (Å²) in [6.07, 6.45) is 7.31. The molecule has 1 amide bonds. The van der Waals surface area contributed by atoms with Gasteiger partial charge in [-0.1, -0.05) is 0 Å². The molecule has 3 nitrogen and oxygen atoms in total. The molecule has 0 aromatic carbocycles. The van der Waals surface area contributed by atoms with Crippen LogP contribution in [-0.2, 0) is 4.79 Å². The van der Waals surface area contributed by atoms with E-state index < -0.39 is 5.54 Å². The van der Waals surface area contributed by atoms with E-state index in [1.54, 1.807) is 0 Å². The van der Waals surface area contributed by atoms with E-state index in [2.05, 4.69) is 5.32 Å². The van der Waals surface area contributed by atoms with E-state index in [9.17, 15) is 4.79 Å². The molecule has 0 spiro atoms. The van der Waals surface area contributed by atoms with Crippen molar-refractivity contribution >= 4 is 5.91 Å². The number of carbonyl (C=O) groups excluding carboxylic acids is 1. The second-order valence-electron chi connectivity index (χ2n) is 7.69. The van der Waals surface area contributed by atoms with Crippen LogP contribution in [0.3, 0.4) is 0 Å².